The van der Waals surface area contributed by atoms with E-state index in [1.165, 1.54) is 12.6 Å². The number of aryl methyl sites for hydroxylation is 2. The van der Waals surface area contributed by atoms with Crippen molar-refractivity contribution in [3.05, 3.63) is 59.2 Å². The molecule has 2 aromatic rings. The number of benzene rings is 2. The Kier molecular flexibility index (Phi) is 8.37. The fourth-order valence-electron chi connectivity index (χ4n) is 2.66. The number of urea groups is 1. The summed E-state index contributed by atoms with van der Waals surface area (Å²) in [4.78, 5) is 17.0. The van der Waals surface area contributed by atoms with E-state index in [0.29, 0.717) is 11.4 Å². The van der Waals surface area contributed by atoms with Gasteiger partial charge in [0, 0.05) is 12.8 Å². The molecule has 0 saturated carbocycles. The molecule has 0 spiro atoms. The van der Waals surface area contributed by atoms with Crippen LogP contribution in [0.25, 0.3) is 0 Å². The Bertz CT molecular complexity index is 854. The summed E-state index contributed by atoms with van der Waals surface area (Å²) in [6.07, 6.45) is 2.95. The molecule has 0 aliphatic carbocycles. The topological polar surface area (TPSA) is 88.0 Å². The van der Waals surface area contributed by atoms with Crippen molar-refractivity contribution >= 4 is 45.3 Å². The van der Waals surface area contributed by atoms with Crippen LogP contribution in [-0.2, 0) is 12.2 Å². The molecule has 6 nitrogen and oxygen atoms in total. The predicted octanol–water partition coefficient (Wildman–Crippen LogP) is 4.45. The average Bonchev–Trinajstić information content (AvgIpc) is 2.70. The number of aliphatic imine (C=N–C) groups is 1. The van der Waals surface area contributed by atoms with Gasteiger partial charge in [-0.2, -0.15) is 0 Å². The molecule has 0 aliphatic heterocycles. The standard InChI is InChI=1S/C20H27N5OS2/c1-5-15-10-6-7-11-17(15)23-19(27-4)28-13-16-14(2)9-8-12-18(16)25(22)20(26)24(3)21/h6-12H,5,13,21-22H2,1-4H3. The highest BCUT2D eigenvalue weighted by Crippen LogP contribution is 2.31. The van der Waals surface area contributed by atoms with E-state index in [2.05, 4.69) is 13.0 Å². The first-order chi connectivity index (χ1) is 13.4. The molecular formula is C20H27N5OS2. The molecule has 0 heterocycles. The minimum atomic E-state index is -0.479. The van der Waals surface area contributed by atoms with Crippen LogP contribution in [-0.4, -0.2) is 28.7 Å². The van der Waals surface area contributed by atoms with Gasteiger partial charge in [-0.15, -0.1) is 11.8 Å². The van der Waals surface area contributed by atoms with Crippen molar-refractivity contribution < 1.29 is 4.79 Å². The first-order valence-electron chi connectivity index (χ1n) is 8.88. The van der Waals surface area contributed by atoms with E-state index in [-0.39, 0.29) is 0 Å². The molecule has 2 amide bonds. The Morgan fingerprint density at radius 3 is 2.50 bits per heavy atom. The fraction of sp³-hybridized carbons (Fsp3) is 0.300. The molecule has 150 valence electrons. The zero-order chi connectivity index (χ0) is 20.7. The Morgan fingerprint density at radius 1 is 1.14 bits per heavy atom. The number of carbonyl (C=O) groups excluding carboxylic acids is 1. The summed E-state index contributed by atoms with van der Waals surface area (Å²) in [5, 5.41) is 2.06. The van der Waals surface area contributed by atoms with E-state index >= 15 is 0 Å². The molecule has 0 bridgehead atoms. The molecular weight excluding hydrogens is 390 g/mol. The lowest BCUT2D eigenvalue weighted by molar-refractivity contribution is 0.216. The second-order valence-corrected chi connectivity index (χ2v) is 8.21. The molecule has 28 heavy (non-hydrogen) atoms. The van der Waals surface area contributed by atoms with Gasteiger partial charge in [-0.25, -0.2) is 26.5 Å². The zero-order valence-electron chi connectivity index (χ0n) is 16.7. The van der Waals surface area contributed by atoms with Crippen LogP contribution in [0.15, 0.2) is 47.5 Å². The minimum absolute atomic E-state index is 0.479. The van der Waals surface area contributed by atoms with Gasteiger partial charge in [-0.1, -0.05) is 49.0 Å². The van der Waals surface area contributed by atoms with Gasteiger partial charge in [-0.05, 0) is 48.4 Å². The molecule has 2 rings (SSSR count). The van der Waals surface area contributed by atoms with Gasteiger partial charge in [0.05, 0.1) is 11.4 Å². The van der Waals surface area contributed by atoms with Gasteiger partial charge in [0.25, 0.3) is 0 Å². The maximum Gasteiger partial charge on any atom is 0.352 e. The Balaban J connectivity index is 2.27. The molecule has 0 aromatic heterocycles. The number of hydrogen-bond acceptors (Lipinski definition) is 6. The second kappa shape index (κ2) is 10.5. The number of carbonyl (C=O) groups is 1. The lowest BCUT2D eigenvalue weighted by atomic mass is 10.1. The summed E-state index contributed by atoms with van der Waals surface area (Å²) >= 11 is 3.24. The summed E-state index contributed by atoms with van der Waals surface area (Å²) in [5.41, 5.74) is 4.89. The Labute approximate surface area is 175 Å². The molecule has 4 N–H and O–H groups in total. The normalized spacial score (nSPS) is 11.4. The van der Waals surface area contributed by atoms with Crippen molar-refractivity contribution in [3.63, 3.8) is 0 Å². The van der Waals surface area contributed by atoms with Crippen LogP contribution >= 0.6 is 23.5 Å². The highest BCUT2D eigenvalue weighted by atomic mass is 32.2. The van der Waals surface area contributed by atoms with Crippen LogP contribution < -0.4 is 16.7 Å². The highest BCUT2D eigenvalue weighted by molar-refractivity contribution is 8.38. The van der Waals surface area contributed by atoms with E-state index in [4.69, 9.17) is 16.7 Å². The number of nitrogens with zero attached hydrogens (tertiary/aromatic N) is 3. The van der Waals surface area contributed by atoms with Gasteiger partial charge < -0.3 is 0 Å². The molecule has 2 aromatic carbocycles. The van der Waals surface area contributed by atoms with Crippen molar-refractivity contribution in [1.82, 2.24) is 5.01 Å². The van der Waals surface area contributed by atoms with Crippen molar-refractivity contribution in [3.8, 4) is 0 Å². The third kappa shape index (κ3) is 5.51. The summed E-state index contributed by atoms with van der Waals surface area (Å²) < 4.78 is 0.959. The highest BCUT2D eigenvalue weighted by Gasteiger charge is 2.19. The number of amides is 2. The summed E-state index contributed by atoms with van der Waals surface area (Å²) in [7, 11) is 1.47. The number of thioether (sulfide) groups is 2. The van der Waals surface area contributed by atoms with E-state index in [0.717, 1.165) is 37.6 Å². The van der Waals surface area contributed by atoms with Gasteiger partial charge in [0.1, 0.15) is 4.38 Å². The summed E-state index contributed by atoms with van der Waals surface area (Å²) in [6.45, 7) is 4.13. The molecule has 0 atom stereocenters. The first-order valence-corrected chi connectivity index (χ1v) is 11.1. The van der Waals surface area contributed by atoms with Crippen molar-refractivity contribution in [2.24, 2.45) is 16.7 Å². The van der Waals surface area contributed by atoms with Crippen molar-refractivity contribution in [1.29, 1.82) is 0 Å². The fourth-order valence-corrected chi connectivity index (χ4v) is 4.31. The maximum atomic E-state index is 12.2. The minimum Gasteiger partial charge on any atom is -0.264 e. The maximum absolute atomic E-state index is 12.2. The lowest BCUT2D eigenvalue weighted by Gasteiger charge is -2.24. The van der Waals surface area contributed by atoms with Gasteiger partial charge in [-0.3, -0.25) is 5.01 Å². The number of rotatable bonds is 5. The van der Waals surface area contributed by atoms with E-state index in [1.807, 2.05) is 49.6 Å². The second-order valence-electron chi connectivity index (χ2n) is 6.19. The monoisotopic (exact) mass is 417 g/mol. The molecule has 8 heteroatoms. The third-order valence-electron chi connectivity index (χ3n) is 4.25. The lowest BCUT2D eigenvalue weighted by Crippen LogP contribution is -2.49. The van der Waals surface area contributed by atoms with Crippen molar-refractivity contribution in [2.75, 3.05) is 18.3 Å². The molecule has 0 aliphatic rings. The smallest absolute Gasteiger partial charge is 0.264 e. The van der Waals surface area contributed by atoms with Gasteiger partial charge in [0.2, 0.25) is 0 Å². The molecule has 0 fully saturated rings. The zero-order valence-corrected chi connectivity index (χ0v) is 18.3. The number of nitrogens with two attached hydrogens (primary N) is 2. The molecule has 0 unspecified atom stereocenters. The van der Waals surface area contributed by atoms with E-state index < -0.39 is 6.03 Å². The molecule has 0 saturated heterocycles. The van der Waals surface area contributed by atoms with Crippen LogP contribution in [0.5, 0.6) is 0 Å². The number of hydrogen-bond donors (Lipinski definition) is 2. The quantitative estimate of drug-likeness (QED) is 0.247. The Morgan fingerprint density at radius 2 is 1.86 bits per heavy atom. The Hall–Kier alpha value is -2.00. The van der Waals surface area contributed by atoms with Crippen molar-refractivity contribution in [2.45, 2.75) is 26.0 Å². The summed E-state index contributed by atoms with van der Waals surface area (Å²) in [5.74, 6) is 12.2. The van der Waals surface area contributed by atoms with E-state index in [9.17, 15) is 4.79 Å². The van der Waals surface area contributed by atoms with Crippen LogP contribution in [0.2, 0.25) is 0 Å². The average molecular weight is 418 g/mol. The number of anilines is 1. The van der Waals surface area contributed by atoms with Crippen LogP contribution in [0.4, 0.5) is 16.2 Å². The summed E-state index contributed by atoms with van der Waals surface area (Å²) in [6, 6.07) is 13.4. The number of hydrazine groups is 2. The van der Waals surface area contributed by atoms with E-state index in [1.54, 1.807) is 23.5 Å². The largest absolute Gasteiger partial charge is 0.352 e. The first kappa shape index (κ1) is 22.3. The van der Waals surface area contributed by atoms with Crippen LogP contribution in [0.3, 0.4) is 0 Å². The number of para-hydroxylation sites is 1. The predicted molar refractivity (Wildman–Crippen MR) is 123 cm³/mol. The van der Waals surface area contributed by atoms with Gasteiger partial charge in [0.15, 0.2) is 0 Å². The SMILES string of the molecule is CCc1ccccc1N=C(SC)SCc1c(C)cccc1N(N)C(=O)N(C)N. The third-order valence-corrected chi connectivity index (χ3v) is 6.32. The molecule has 0 radical (unpaired) electrons. The van der Waals surface area contributed by atoms with Crippen LogP contribution in [0.1, 0.15) is 23.6 Å². The van der Waals surface area contributed by atoms with Gasteiger partial charge >= 0.3 is 6.03 Å². The van der Waals surface area contributed by atoms with Crippen LogP contribution in [0, 0.1) is 6.92 Å².